The molecule has 0 aliphatic carbocycles. The van der Waals surface area contributed by atoms with E-state index >= 15 is 0 Å². The fraction of sp³-hybridized carbons (Fsp3) is 0.188. The molecule has 0 aromatic carbocycles. The maximum Gasteiger partial charge on any atom is 0.141 e. The largest absolute Gasteiger partial charge is 0.396 e. The summed E-state index contributed by atoms with van der Waals surface area (Å²) in [6, 6.07) is 9.72. The molecule has 112 valence electrons. The lowest BCUT2D eigenvalue weighted by molar-refractivity contribution is 0.288. The Morgan fingerprint density at radius 3 is 2.77 bits per heavy atom. The zero-order valence-electron chi connectivity index (χ0n) is 11.9. The number of hydrogen-bond acceptors (Lipinski definition) is 6. The van der Waals surface area contributed by atoms with E-state index in [2.05, 4.69) is 20.3 Å². The first kappa shape index (κ1) is 14.6. The molecule has 0 saturated heterocycles. The van der Waals surface area contributed by atoms with Crippen LogP contribution in [0.25, 0.3) is 10.7 Å². The van der Waals surface area contributed by atoms with Gasteiger partial charge in [0.1, 0.15) is 22.3 Å². The number of thiazole rings is 1. The summed E-state index contributed by atoms with van der Waals surface area (Å²) < 4.78 is 0. The first-order chi connectivity index (χ1) is 10.8. The third-order valence-electron chi connectivity index (χ3n) is 3.10. The minimum absolute atomic E-state index is 0.202. The van der Waals surface area contributed by atoms with Crippen molar-refractivity contribution in [3.63, 3.8) is 0 Å². The Labute approximate surface area is 132 Å². The Morgan fingerprint density at radius 1 is 1.09 bits per heavy atom. The van der Waals surface area contributed by atoms with Gasteiger partial charge in [0, 0.05) is 24.4 Å². The van der Waals surface area contributed by atoms with E-state index < -0.39 is 0 Å². The topological polar surface area (TPSA) is 70.9 Å². The molecule has 0 atom stereocenters. The molecular formula is C16H16N4OS. The number of nitrogens with zero attached hydrogens (tertiary/aromatic N) is 3. The molecule has 3 aromatic heterocycles. The molecule has 3 aromatic rings. The Morgan fingerprint density at radius 2 is 2.05 bits per heavy atom. The zero-order chi connectivity index (χ0) is 15.2. The number of rotatable bonds is 6. The fourth-order valence-corrected chi connectivity index (χ4v) is 2.64. The van der Waals surface area contributed by atoms with E-state index in [1.807, 2.05) is 41.9 Å². The van der Waals surface area contributed by atoms with Crippen molar-refractivity contribution >= 4 is 23.0 Å². The number of aliphatic hydroxyl groups is 1. The number of anilines is 2. The second-order valence-corrected chi connectivity index (χ2v) is 5.64. The first-order valence-electron chi connectivity index (χ1n) is 7.05. The first-order valence-corrected chi connectivity index (χ1v) is 7.93. The van der Waals surface area contributed by atoms with Gasteiger partial charge in [-0.1, -0.05) is 12.1 Å². The molecule has 6 heteroatoms. The molecule has 0 amide bonds. The molecule has 0 radical (unpaired) electrons. The number of hydrogen-bond donors (Lipinski definition) is 2. The zero-order valence-corrected chi connectivity index (χ0v) is 12.8. The van der Waals surface area contributed by atoms with Crippen LogP contribution in [0, 0.1) is 0 Å². The molecule has 0 aliphatic rings. The molecule has 2 N–H and O–H groups in total. The van der Waals surface area contributed by atoms with Gasteiger partial charge in [-0.05, 0) is 36.6 Å². The molecule has 22 heavy (non-hydrogen) atoms. The molecule has 3 rings (SSSR count). The SMILES string of the molecule is OCCCc1ccc(Nc2cccc(-c3nccs3)n2)nc1. The van der Waals surface area contributed by atoms with Crippen LogP contribution in [0.3, 0.4) is 0 Å². The molecule has 0 saturated carbocycles. The fourth-order valence-electron chi connectivity index (χ4n) is 2.03. The Hall–Kier alpha value is -2.31. The van der Waals surface area contributed by atoms with Gasteiger partial charge < -0.3 is 10.4 Å². The molecule has 5 nitrogen and oxygen atoms in total. The van der Waals surface area contributed by atoms with Crippen molar-refractivity contribution in [2.75, 3.05) is 11.9 Å². The summed E-state index contributed by atoms with van der Waals surface area (Å²) in [6.45, 7) is 0.202. The van der Waals surface area contributed by atoms with Crippen LogP contribution in [0.2, 0.25) is 0 Å². The van der Waals surface area contributed by atoms with Crippen LogP contribution >= 0.6 is 11.3 Å². The van der Waals surface area contributed by atoms with Crippen LogP contribution in [0.1, 0.15) is 12.0 Å². The summed E-state index contributed by atoms with van der Waals surface area (Å²) in [5.74, 6) is 1.49. The van der Waals surface area contributed by atoms with Crippen molar-refractivity contribution in [1.82, 2.24) is 15.0 Å². The van der Waals surface area contributed by atoms with E-state index in [9.17, 15) is 0 Å². The van der Waals surface area contributed by atoms with E-state index in [0.717, 1.165) is 40.7 Å². The summed E-state index contributed by atoms with van der Waals surface area (Å²) in [7, 11) is 0. The van der Waals surface area contributed by atoms with Gasteiger partial charge in [0.15, 0.2) is 0 Å². The van der Waals surface area contributed by atoms with Crippen LogP contribution < -0.4 is 5.32 Å². The van der Waals surface area contributed by atoms with E-state index in [0.29, 0.717) is 0 Å². The second-order valence-electron chi connectivity index (χ2n) is 4.75. The van der Waals surface area contributed by atoms with E-state index in [-0.39, 0.29) is 6.61 Å². The van der Waals surface area contributed by atoms with Gasteiger partial charge in [0.05, 0.1) is 0 Å². The number of aliphatic hydroxyl groups excluding tert-OH is 1. The van der Waals surface area contributed by atoms with Crippen LogP contribution in [0.15, 0.2) is 48.1 Å². The van der Waals surface area contributed by atoms with Crippen LogP contribution in [0.5, 0.6) is 0 Å². The normalized spacial score (nSPS) is 10.6. The number of aromatic nitrogens is 3. The maximum absolute atomic E-state index is 8.84. The molecular weight excluding hydrogens is 296 g/mol. The quantitative estimate of drug-likeness (QED) is 0.731. The highest BCUT2D eigenvalue weighted by Gasteiger charge is 2.04. The van der Waals surface area contributed by atoms with E-state index in [1.165, 1.54) is 0 Å². The molecule has 3 heterocycles. The number of pyridine rings is 2. The smallest absolute Gasteiger partial charge is 0.141 e. The van der Waals surface area contributed by atoms with Gasteiger partial charge >= 0.3 is 0 Å². The maximum atomic E-state index is 8.84. The van der Waals surface area contributed by atoms with Crippen molar-refractivity contribution in [3.05, 3.63) is 53.7 Å². The summed E-state index contributed by atoms with van der Waals surface area (Å²) in [5, 5.41) is 14.9. The average molecular weight is 312 g/mol. The lowest BCUT2D eigenvalue weighted by Gasteiger charge is -2.07. The molecule has 0 bridgehead atoms. The molecule has 0 unspecified atom stereocenters. The van der Waals surface area contributed by atoms with Crippen molar-refractivity contribution in [2.24, 2.45) is 0 Å². The lowest BCUT2D eigenvalue weighted by Crippen LogP contribution is -1.98. The average Bonchev–Trinajstić information content (AvgIpc) is 3.09. The minimum Gasteiger partial charge on any atom is -0.396 e. The molecule has 0 aliphatic heterocycles. The monoisotopic (exact) mass is 312 g/mol. The number of nitrogens with one attached hydrogen (secondary N) is 1. The standard InChI is InChI=1S/C16H16N4OS/c21-9-2-3-12-6-7-14(18-11-12)20-15-5-1-4-13(19-15)16-17-8-10-22-16/h1,4-8,10-11,21H,2-3,9H2,(H,18,19,20). The Kier molecular flexibility index (Phi) is 4.72. The molecule has 0 fully saturated rings. The Bertz CT molecular complexity index is 713. The summed E-state index contributed by atoms with van der Waals surface area (Å²) in [6.07, 6.45) is 5.19. The van der Waals surface area contributed by atoms with Gasteiger partial charge in [-0.3, -0.25) is 0 Å². The van der Waals surface area contributed by atoms with Gasteiger partial charge in [0.2, 0.25) is 0 Å². The van der Waals surface area contributed by atoms with Gasteiger partial charge in [-0.2, -0.15) is 0 Å². The highest BCUT2D eigenvalue weighted by molar-refractivity contribution is 7.13. The van der Waals surface area contributed by atoms with Gasteiger partial charge in [-0.15, -0.1) is 11.3 Å². The predicted molar refractivity (Wildman–Crippen MR) is 88.3 cm³/mol. The van der Waals surface area contributed by atoms with E-state index in [1.54, 1.807) is 17.5 Å². The summed E-state index contributed by atoms with van der Waals surface area (Å²) >= 11 is 1.56. The Balaban J connectivity index is 1.71. The van der Waals surface area contributed by atoms with Crippen molar-refractivity contribution in [3.8, 4) is 10.7 Å². The van der Waals surface area contributed by atoms with Crippen molar-refractivity contribution in [2.45, 2.75) is 12.8 Å². The van der Waals surface area contributed by atoms with Gasteiger partial charge in [0.25, 0.3) is 0 Å². The highest BCUT2D eigenvalue weighted by Crippen LogP contribution is 2.22. The third kappa shape index (κ3) is 3.66. The van der Waals surface area contributed by atoms with Crippen LogP contribution in [-0.4, -0.2) is 26.7 Å². The van der Waals surface area contributed by atoms with Crippen LogP contribution in [-0.2, 0) is 6.42 Å². The summed E-state index contributed by atoms with van der Waals surface area (Å²) in [5.41, 5.74) is 1.96. The predicted octanol–water partition coefficient (Wildman–Crippen LogP) is 3.27. The van der Waals surface area contributed by atoms with E-state index in [4.69, 9.17) is 5.11 Å². The van der Waals surface area contributed by atoms with Gasteiger partial charge in [-0.25, -0.2) is 15.0 Å². The number of aryl methyl sites for hydroxylation is 1. The summed E-state index contributed by atoms with van der Waals surface area (Å²) in [4.78, 5) is 13.2. The van der Waals surface area contributed by atoms with Crippen LogP contribution in [0.4, 0.5) is 11.6 Å². The lowest BCUT2D eigenvalue weighted by atomic mass is 10.2. The minimum atomic E-state index is 0.202. The molecule has 0 spiro atoms. The third-order valence-corrected chi connectivity index (χ3v) is 3.90. The van der Waals surface area contributed by atoms with Crippen molar-refractivity contribution in [1.29, 1.82) is 0 Å². The highest BCUT2D eigenvalue weighted by atomic mass is 32.1. The second kappa shape index (κ2) is 7.11. The van der Waals surface area contributed by atoms with Crippen molar-refractivity contribution < 1.29 is 5.11 Å².